The minimum absolute atomic E-state index is 0.0840. The Kier molecular flexibility index (Phi) is 4.81. The summed E-state index contributed by atoms with van der Waals surface area (Å²) in [7, 11) is 0. The van der Waals surface area contributed by atoms with E-state index in [9.17, 15) is 14.0 Å². The van der Waals surface area contributed by atoms with Crippen LogP contribution in [0, 0.1) is 11.7 Å². The first-order chi connectivity index (χ1) is 11.5. The van der Waals surface area contributed by atoms with Crippen LogP contribution in [-0.4, -0.2) is 18.4 Å². The Morgan fingerprint density at radius 3 is 2.50 bits per heavy atom. The Balaban J connectivity index is 1.59. The molecule has 1 aliphatic heterocycles. The number of hydrogen-bond donors (Lipinski definition) is 1. The van der Waals surface area contributed by atoms with E-state index < -0.39 is 5.92 Å². The predicted octanol–water partition coefficient (Wildman–Crippen LogP) is 3.15. The van der Waals surface area contributed by atoms with Crippen molar-refractivity contribution in [3.63, 3.8) is 0 Å². The van der Waals surface area contributed by atoms with Gasteiger partial charge in [-0.2, -0.15) is 0 Å². The summed E-state index contributed by atoms with van der Waals surface area (Å²) >= 11 is 5.85. The van der Waals surface area contributed by atoms with Crippen LogP contribution in [0.25, 0.3) is 0 Å². The van der Waals surface area contributed by atoms with Gasteiger partial charge in [0.1, 0.15) is 5.82 Å². The number of nitrogens with zero attached hydrogens (tertiary/aromatic N) is 1. The number of halogens is 2. The molecule has 6 heteroatoms. The van der Waals surface area contributed by atoms with E-state index in [0.29, 0.717) is 18.1 Å². The molecule has 0 spiro atoms. The Morgan fingerprint density at radius 1 is 1.17 bits per heavy atom. The van der Waals surface area contributed by atoms with Crippen molar-refractivity contribution in [1.82, 2.24) is 5.32 Å². The lowest BCUT2D eigenvalue weighted by molar-refractivity contribution is -0.126. The van der Waals surface area contributed by atoms with Crippen LogP contribution < -0.4 is 10.2 Å². The van der Waals surface area contributed by atoms with E-state index in [0.717, 1.165) is 11.3 Å². The third-order valence-electron chi connectivity index (χ3n) is 4.01. The van der Waals surface area contributed by atoms with Gasteiger partial charge in [-0.3, -0.25) is 9.59 Å². The van der Waals surface area contributed by atoms with Crippen molar-refractivity contribution < 1.29 is 14.0 Å². The fraction of sp³-hybridized carbons (Fsp3) is 0.222. The maximum Gasteiger partial charge on any atom is 0.227 e. The summed E-state index contributed by atoms with van der Waals surface area (Å²) in [5.74, 6) is -0.970. The van der Waals surface area contributed by atoms with Gasteiger partial charge in [-0.15, -0.1) is 0 Å². The van der Waals surface area contributed by atoms with Crippen molar-refractivity contribution in [2.75, 3.05) is 11.4 Å². The second-order valence-corrected chi connectivity index (χ2v) is 6.16. The van der Waals surface area contributed by atoms with Gasteiger partial charge in [-0.1, -0.05) is 23.7 Å². The minimum Gasteiger partial charge on any atom is -0.352 e. The number of amides is 2. The van der Waals surface area contributed by atoms with Gasteiger partial charge in [-0.05, 0) is 42.0 Å². The molecule has 0 bridgehead atoms. The summed E-state index contributed by atoms with van der Waals surface area (Å²) in [4.78, 5) is 26.0. The highest BCUT2D eigenvalue weighted by atomic mass is 35.5. The molecular weight excluding hydrogens is 331 g/mol. The molecular formula is C18H16ClFN2O2. The predicted molar refractivity (Wildman–Crippen MR) is 90.2 cm³/mol. The van der Waals surface area contributed by atoms with Gasteiger partial charge in [0.05, 0.1) is 5.92 Å². The number of rotatable bonds is 4. The van der Waals surface area contributed by atoms with E-state index in [1.807, 2.05) is 0 Å². The first-order valence-electron chi connectivity index (χ1n) is 7.61. The standard InChI is InChI=1S/C18H16ClFN2O2/c19-14-3-7-16(8-4-14)22-11-13(9-17(22)23)18(24)21-10-12-1-5-15(20)6-2-12/h1-8,13H,9-11H2,(H,21,24)/t13-/m1/s1. The van der Waals surface area contributed by atoms with Gasteiger partial charge >= 0.3 is 0 Å². The third-order valence-corrected chi connectivity index (χ3v) is 4.27. The van der Waals surface area contributed by atoms with Crippen LogP contribution in [0.2, 0.25) is 5.02 Å². The monoisotopic (exact) mass is 346 g/mol. The second kappa shape index (κ2) is 7.01. The molecule has 1 fully saturated rings. The van der Waals surface area contributed by atoms with Crippen LogP contribution in [0.15, 0.2) is 48.5 Å². The average molecular weight is 347 g/mol. The van der Waals surface area contributed by atoms with E-state index in [1.54, 1.807) is 41.3 Å². The molecule has 0 unspecified atom stereocenters. The Morgan fingerprint density at radius 2 is 1.83 bits per heavy atom. The van der Waals surface area contributed by atoms with Gasteiger partial charge in [-0.25, -0.2) is 4.39 Å². The van der Waals surface area contributed by atoms with Gasteiger partial charge in [0.2, 0.25) is 11.8 Å². The smallest absolute Gasteiger partial charge is 0.227 e. The lowest BCUT2D eigenvalue weighted by Crippen LogP contribution is -2.32. The summed E-state index contributed by atoms with van der Waals surface area (Å²) in [5.41, 5.74) is 1.54. The number of benzene rings is 2. The summed E-state index contributed by atoms with van der Waals surface area (Å²) in [6.07, 6.45) is 0.178. The van der Waals surface area contributed by atoms with Crippen LogP contribution in [0.4, 0.5) is 10.1 Å². The molecule has 4 nitrogen and oxygen atoms in total. The van der Waals surface area contributed by atoms with Gasteiger partial charge in [0.15, 0.2) is 0 Å². The molecule has 2 amide bonds. The third kappa shape index (κ3) is 3.74. The zero-order valence-corrected chi connectivity index (χ0v) is 13.6. The lowest BCUT2D eigenvalue weighted by atomic mass is 10.1. The molecule has 1 heterocycles. The van der Waals surface area contributed by atoms with E-state index in [1.165, 1.54) is 12.1 Å². The molecule has 24 heavy (non-hydrogen) atoms. The van der Waals surface area contributed by atoms with Gasteiger partial charge < -0.3 is 10.2 Å². The molecule has 1 aliphatic rings. The van der Waals surface area contributed by atoms with Crippen molar-refractivity contribution in [2.45, 2.75) is 13.0 Å². The molecule has 124 valence electrons. The number of nitrogens with one attached hydrogen (secondary N) is 1. The molecule has 2 aromatic rings. The largest absolute Gasteiger partial charge is 0.352 e. The Hall–Kier alpha value is -2.40. The fourth-order valence-corrected chi connectivity index (χ4v) is 2.82. The van der Waals surface area contributed by atoms with Gasteiger partial charge in [0, 0.05) is 30.2 Å². The van der Waals surface area contributed by atoms with Crippen LogP contribution in [0.3, 0.4) is 0 Å². The molecule has 0 radical (unpaired) electrons. The van der Waals surface area contributed by atoms with Crippen LogP contribution in [0.1, 0.15) is 12.0 Å². The highest BCUT2D eigenvalue weighted by Gasteiger charge is 2.34. The van der Waals surface area contributed by atoms with Crippen LogP contribution in [-0.2, 0) is 16.1 Å². The lowest BCUT2D eigenvalue weighted by Gasteiger charge is -2.16. The Labute approximate surface area is 144 Å². The highest BCUT2D eigenvalue weighted by Crippen LogP contribution is 2.26. The first-order valence-corrected chi connectivity index (χ1v) is 7.99. The van der Waals surface area contributed by atoms with Crippen molar-refractivity contribution >= 4 is 29.1 Å². The van der Waals surface area contributed by atoms with Crippen molar-refractivity contribution in [3.05, 3.63) is 64.9 Å². The van der Waals surface area contributed by atoms with E-state index in [2.05, 4.69) is 5.32 Å². The SMILES string of the molecule is O=C(NCc1ccc(F)cc1)[C@@H]1CC(=O)N(c2ccc(Cl)cc2)C1. The summed E-state index contributed by atoms with van der Waals surface area (Å²) < 4.78 is 12.9. The summed E-state index contributed by atoms with van der Waals surface area (Å²) in [6, 6.07) is 12.9. The molecule has 1 atom stereocenters. The topological polar surface area (TPSA) is 49.4 Å². The normalized spacial score (nSPS) is 17.2. The van der Waals surface area contributed by atoms with Crippen molar-refractivity contribution in [2.24, 2.45) is 5.92 Å². The zero-order valence-electron chi connectivity index (χ0n) is 12.8. The Bertz CT molecular complexity index is 747. The number of carbonyl (C=O) groups excluding carboxylic acids is 2. The highest BCUT2D eigenvalue weighted by molar-refractivity contribution is 6.30. The summed E-state index contributed by atoms with van der Waals surface area (Å²) in [6.45, 7) is 0.653. The molecule has 1 saturated heterocycles. The molecule has 3 rings (SSSR count). The molecule has 0 saturated carbocycles. The first kappa shape index (κ1) is 16.5. The molecule has 2 aromatic carbocycles. The van der Waals surface area contributed by atoms with E-state index in [-0.39, 0.29) is 24.1 Å². The fourth-order valence-electron chi connectivity index (χ4n) is 2.69. The van der Waals surface area contributed by atoms with Crippen molar-refractivity contribution in [3.8, 4) is 0 Å². The van der Waals surface area contributed by atoms with E-state index >= 15 is 0 Å². The number of hydrogen-bond acceptors (Lipinski definition) is 2. The quantitative estimate of drug-likeness (QED) is 0.924. The number of anilines is 1. The average Bonchev–Trinajstić information content (AvgIpc) is 2.97. The molecule has 0 aromatic heterocycles. The van der Waals surface area contributed by atoms with Crippen LogP contribution in [0.5, 0.6) is 0 Å². The molecule has 0 aliphatic carbocycles. The molecule has 1 N–H and O–H groups in total. The summed E-state index contributed by atoms with van der Waals surface area (Å²) in [5, 5.41) is 3.40. The maximum absolute atomic E-state index is 12.9. The van der Waals surface area contributed by atoms with Gasteiger partial charge in [0.25, 0.3) is 0 Å². The van der Waals surface area contributed by atoms with Crippen LogP contribution >= 0.6 is 11.6 Å². The number of carbonyl (C=O) groups is 2. The van der Waals surface area contributed by atoms with E-state index in [4.69, 9.17) is 11.6 Å². The zero-order chi connectivity index (χ0) is 17.1. The second-order valence-electron chi connectivity index (χ2n) is 5.73. The minimum atomic E-state index is -0.395. The maximum atomic E-state index is 12.9. The van der Waals surface area contributed by atoms with Crippen molar-refractivity contribution in [1.29, 1.82) is 0 Å².